The van der Waals surface area contributed by atoms with Crippen LogP contribution in [0, 0.1) is 0 Å². The summed E-state index contributed by atoms with van der Waals surface area (Å²) in [4.78, 5) is 14.0. The molecule has 100 valence electrons. The number of likely N-dealkylation sites (N-methyl/N-ethyl adjacent to an activating group) is 1. The SMILES string of the molecule is CCn1cc(CN2CCNCC2C(=O)NC)cn1. The summed E-state index contributed by atoms with van der Waals surface area (Å²) in [6.07, 6.45) is 3.93. The van der Waals surface area contributed by atoms with Gasteiger partial charge in [-0.15, -0.1) is 0 Å². The fraction of sp³-hybridized carbons (Fsp3) is 0.667. The molecule has 1 amide bonds. The van der Waals surface area contributed by atoms with Crippen LogP contribution in [0.4, 0.5) is 0 Å². The van der Waals surface area contributed by atoms with Crippen molar-refractivity contribution in [2.45, 2.75) is 26.1 Å². The topological polar surface area (TPSA) is 62.2 Å². The lowest BCUT2D eigenvalue weighted by Gasteiger charge is -2.34. The summed E-state index contributed by atoms with van der Waals surface area (Å²) in [5.41, 5.74) is 1.16. The average Bonchev–Trinajstić information content (AvgIpc) is 2.86. The predicted octanol–water partition coefficient (Wildman–Crippen LogP) is -0.577. The molecule has 1 fully saturated rings. The van der Waals surface area contributed by atoms with Crippen molar-refractivity contribution in [2.24, 2.45) is 0 Å². The minimum atomic E-state index is -0.0891. The van der Waals surface area contributed by atoms with Gasteiger partial charge in [0.05, 0.1) is 6.20 Å². The zero-order valence-electron chi connectivity index (χ0n) is 11.0. The highest BCUT2D eigenvalue weighted by Gasteiger charge is 2.27. The maximum absolute atomic E-state index is 11.8. The van der Waals surface area contributed by atoms with E-state index in [2.05, 4.69) is 27.6 Å². The predicted molar refractivity (Wildman–Crippen MR) is 69.0 cm³/mol. The number of aromatic nitrogens is 2. The molecule has 1 aromatic rings. The van der Waals surface area contributed by atoms with Gasteiger partial charge in [0.25, 0.3) is 0 Å². The van der Waals surface area contributed by atoms with Crippen LogP contribution in [0.15, 0.2) is 12.4 Å². The van der Waals surface area contributed by atoms with E-state index in [1.165, 1.54) is 0 Å². The van der Waals surface area contributed by atoms with Crippen molar-refractivity contribution in [3.63, 3.8) is 0 Å². The molecule has 2 N–H and O–H groups in total. The summed E-state index contributed by atoms with van der Waals surface area (Å²) in [7, 11) is 1.68. The lowest BCUT2D eigenvalue weighted by atomic mass is 10.1. The van der Waals surface area contributed by atoms with Gasteiger partial charge < -0.3 is 10.6 Å². The van der Waals surface area contributed by atoms with Gasteiger partial charge in [-0.3, -0.25) is 14.4 Å². The van der Waals surface area contributed by atoms with Crippen LogP contribution in [-0.2, 0) is 17.9 Å². The molecule has 0 aromatic carbocycles. The van der Waals surface area contributed by atoms with E-state index in [1.54, 1.807) is 7.05 Å². The minimum Gasteiger partial charge on any atom is -0.358 e. The van der Waals surface area contributed by atoms with Crippen LogP contribution >= 0.6 is 0 Å². The third-order valence-electron chi connectivity index (χ3n) is 3.30. The molecule has 6 nitrogen and oxygen atoms in total. The molecule has 2 heterocycles. The number of aryl methyl sites for hydroxylation is 1. The average molecular weight is 251 g/mol. The first kappa shape index (κ1) is 13.0. The van der Waals surface area contributed by atoms with E-state index in [0.717, 1.165) is 31.7 Å². The lowest BCUT2D eigenvalue weighted by Crippen LogP contribution is -2.56. The molecule has 0 bridgehead atoms. The van der Waals surface area contributed by atoms with Crippen molar-refractivity contribution in [3.8, 4) is 0 Å². The summed E-state index contributed by atoms with van der Waals surface area (Å²) in [5, 5.41) is 10.2. The number of nitrogens with one attached hydrogen (secondary N) is 2. The molecule has 0 spiro atoms. The fourth-order valence-electron chi connectivity index (χ4n) is 2.26. The number of hydrogen-bond acceptors (Lipinski definition) is 4. The van der Waals surface area contributed by atoms with Crippen LogP contribution in [0.3, 0.4) is 0 Å². The lowest BCUT2D eigenvalue weighted by molar-refractivity contribution is -0.126. The molecule has 1 aromatic heterocycles. The molecule has 0 aliphatic carbocycles. The molecule has 0 saturated carbocycles. The number of piperazine rings is 1. The molecular formula is C12H21N5O. The van der Waals surface area contributed by atoms with E-state index in [9.17, 15) is 4.79 Å². The Morgan fingerprint density at radius 3 is 3.17 bits per heavy atom. The highest BCUT2D eigenvalue weighted by Crippen LogP contribution is 2.10. The molecule has 1 atom stereocenters. The van der Waals surface area contributed by atoms with Gasteiger partial charge in [-0.1, -0.05) is 0 Å². The normalized spacial score (nSPS) is 20.9. The standard InChI is InChI=1S/C12H21N5O/c1-3-17-9-10(6-15-17)8-16-5-4-14-7-11(16)12(18)13-2/h6,9,11,14H,3-5,7-8H2,1-2H3,(H,13,18). The highest BCUT2D eigenvalue weighted by atomic mass is 16.2. The Labute approximate surface area is 107 Å². The molecule has 1 unspecified atom stereocenters. The molecular weight excluding hydrogens is 230 g/mol. The van der Waals surface area contributed by atoms with E-state index in [1.807, 2.05) is 17.1 Å². The molecule has 6 heteroatoms. The molecule has 1 saturated heterocycles. The van der Waals surface area contributed by atoms with Crippen molar-refractivity contribution in [2.75, 3.05) is 26.7 Å². The molecule has 18 heavy (non-hydrogen) atoms. The number of carbonyl (C=O) groups is 1. The van der Waals surface area contributed by atoms with Gasteiger partial charge in [0.2, 0.25) is 5.91 Å². The Morgan fingerprint density at radius 1 is 1.67 bits per heavy atom. The fourth-order valence-corrected chi connectivity index (χ4v) is 2.26. The van der Waals surface area contributed by atoms with Crippen molar-refractivity contribution >= 4 is 5.91 Å². The zero-order chi connectivity index (χ0) is 13.0. The van der Waals surface area contributed by atoms with Crippen LogP contribution in [0.2, 0.25) is 0 Å². The van der Waals surface area contributed by atoms with Crippen molar-refractivity contribution in [3.05, 3.63) is 18.0 Å². The Bertz CT molecular complexity index is 403. The third kappa shape index (κ3) is 2.88. The second-order valence-electron chi connectivity index (χ2n) is 4.51. The van der Waals surface area contributed by atoms with Crippen LogP contribution < -0.4 is 10.6 Å². The Kier molecular flexibility index (Phi) is 4.33. The number of hydrogen-bond donors (Lipinski definition) is 2. The first-order valence-corrected chi connectivity index (χ1v) is 6.42. The molecule has 1 aliphatic rings. The van der Waals surface area contributed by atoms with Gasteiger partial charge >= 0.3 is 0 Å². The zero-order valence-corrected chi connectivity index (χ0v) is 11.0. The number of nitrogens with zero attached hydrogens (tertiary/aromatic N) is 3. The number of rotatable bonds is 4. The van der Waals surface area contributed by atoms with Crippen LogP contribution in [0.5, 0.6) is 0 Å². The van der Waals surface area contributed by atoms with E-state index >= 15 is 0 Å². The van der Waals surface area contributed by atoms with Gasteiger partial charge in [0, 0.05) is 51.5 Å². The first-order chi connectivity index (χ1) is 8.74. The second kappa shape index (κ2) is 5.97. The summed E-state index contributed by atoms with van der Waals surface area (Å²) < 4.78 is 1.91. The van der Waals surface area contributed by atoms with Gasteiger partial charge in [-0.25, -0.2) is 0 Å². The maximum atomic E-state index is 11.8. The monoisotopic (exact) mass is 251 g/mol. The highest BCUT2D eigenvalue weighted by molar-refractivity contribution is 5.81. The maximum Gasteiger partial charge on any atom is 0.238 e. The van der Waals surface area contributed by atoms with Crippen LogP contribution in [0.1, 0.15) is 12.5 Å². The van der Waals surface area contributed by atoms with E-state index in [0.29, 0.717) is 6.54 Å². The van der Waals surface area contributed by atoms with E-state index in [4.69, 9.17) is 0 Å². The van der Waals surface area contributed by atoms with Crippen molar-refractivity contribution < 1.29 is 4.79 Å². The summed E-state index contributed by atoms with van der Waals surface area (Å²) in [6, 6.07) is -0.0891. The van der Waals surface area contributed by atoms with Crippen molar-refractivity contribution in [1.29, 1.82) is 0 Å². The van der Waals surface area contributed by atoms with E-state index < -0.39 is 0 Å². The summed E-state index contributed by atoms with van der Waals surface area (Å²) >= 11 is 0. The van der Waals surface area contributed by atoms with Crippen LogP contribution in [-0.4, -0.2) is 53.3 Å². The summed E-state index contributed by atoms with van der Waals surface area (Å²) in [6.45, 7) is 6.24. The molecule has 1 aliphatic heterocycles. The first-order valence-electron chi connectivity index (χ1n) is 6.42. The van der Waals surface area contributed by atoms with Gasteiger partial charge in [0.1, 0.15) is 6.04 Å². The van der Waals surface area contributed by atoms with Gasteiger partial charge in [-0.2, -0.15) is 5.10 Å². The largest absolute Gasteiger partial charge is 0.358 e. The Balaban J connectivity index is 2.02. The third-order valence-corrected chi connectivity index (χ3v) is 3.30. The van der Waals surface area contributed by atoms with Crippen molar-refractivity contribution in [1.82, 2.24) is 25.3 Å². The molecule has 2 rings (SSSR count). The van der Waals surface area contributed by atoms with Crippen LogP contribution in [0.25, 0.3) is 0 Å². The van der Waals surface area contributed by atoms with Gasteiger partial charge in [-0.05, 0) is 6.92 Å². The second-order valence-corrected chi connectivity index (χ2v) is 4.51. The Morgan fingerprint density at radius 2 is 2.50 bits per heavy atom. The molecule has 0 radical (unpaired) electrons. The smallest absolute Gasteiger partial charge is 0.238 e. The van der Waals surface area contributed by atoms with Gasteiger partial charge in [0.15, 0.2) is 0 Å². The van der Waals surface area contributed by atoms with E-state index in [-0.39, 0.29) is 11.9 Å². The number of carbonyl (C=O) groups excluding carboxylic acids is 1. The summed E-state index contributed by atoms with van der Waals surface area (Å²) in [5.74, 6) is 0.0742. The number of amides is 1. The minimum absolute atomic E-state index is 0.0742. The quantitative estimate of drug-likeness (QED) is 0.752. The Hall–Kier alpha value is -1.40.